The smallest absolute Gasteiger partial charge is 0.119 e. The molecule has 0 aromatic heterocycles. The van der Waals surface area contributed by atoms with E-state index in [1.165, 1.54) is 0 Å². The first kappa shape index (κ1) is 13.1. The number of benzene rings is 1. The second-order valence-corrected chi connectivity index (χ2v) is 3.88. The number of hydrogen-bond donors (Lipinski definition) is 1. The van der Waals surface area contributed by atoms with E-state index < -0.39 is 0 Å². The number of nitrogens with zero attached hydrogens (tertiary/aromatic N) is 1. The normalized spacial score (nSPS) is 11.6. The van der Waals surface area contributed by atoms with Gasteiger partial charge in [0.1, 0.15) is 5.75 Å². The second kappa shape index (κ2) is 6.59. The van der Waals surface area contributed by atoms with Gasteiger partial charge in [-0.1, -0.05) is 13.3 Å². The molecule has 1 aromatic rings. The molecular weight excluding hydrogens is 212 g/mol. The lowest BCUT2D eigenvalue weighted by molar-refractivity contribution is 0.309. The molecule has 0 aliphatic rings. The van der Waals surface area contributed by atoms with Crippen LogP contribution < -0.4 is 10.5 Å². The predicted molar refractivity (Wildman–Crippen MR) is 69.2 cm³/mol. The molecule has 0 heterocycles. The van der Waals surface area contributed by atoms with Crippen LogP contribution in [-0.2, 0) is 0 Å². The Morgan fingerprint density at radius 1 is 1.35 bits per heavy atom. The fourth-order valence-corrected chi connectivity index (χ4v) is 1.34. The molecule has 0 radical (unpaired) electrons. The largest absolute Gasteiger partial charge is 0.494 e. The van der Waals surface area contributed by atoms with Gasteiger partial charge in [0.05, 0.1) is 18.4 Å². The molecule has 0 aliphatic heterocycles. The minimum atomic E-state index is 0.521. The Hall–Kier alpha value is -1.95. The number of nitriles is 1. The van der Waals surface area contributed by atoms with Gasteiger partial charge < -0.3 is 10.5 Å². The maximum atomic E-state index is 8.75. The van der Waals surface area contributed by atoms with E-state index in [2.05, 4.69) is 6.92 Å². The Morgan fingerprint density at radius 2 is 2.00 bits per heavy atom. The highest BCUT2D eigenvalue weighted by Crippen LogP contribution is 2.18. The van der Waals surface area contributed by atoms with E-state index in [1.807, 2.05) is 30.3 Å². The third kappa shape index (κ3) is 3.84. The highest BCUT2D eigenvalue weighted by molar-refractivity contribution is 5.68. The first-order chi connectivity index (χ1) is 8.19. The Bertz CT molecular complexity index is 427. The number of rotatable bonds is 5. The molecule has 0 unspecified atom stereocenters. The second-order valence-electron chi connectivity index (χ2n) is 3.88. The minimum Gasteiger partial charge on any atom is -0.494 e. The number of hydrogen-bond acceptors (Lipinski definition) is 3. The third-order valence-electron chi connectivity index (χ3n) is 2.50. The lowest BCUT2D eigenvalue weighted by Crippen LogP contribution is -2.00. The average molecular weight is 230 g/mol. The monoisotopic (exact) mass is 230 g/mol. The van der Waals surface area contributed by atoms with E-state index in [0.29, 0.717) is 11.3 Å². The van der Waals surface area contributed by atoms with Crippen molar-refractivity contribution in [3.8, 4) is 11.8 Å². The summed E-state index contributed by atoms with van der Waals surface area (Å²) in [5.41, 5.74) is 7.74. The topological polar surface area (TPSA) is 59.0 Å². The molecule has 1 rings (SSSR count). The molecule has 0 aliphatic carbocycles. The van der Waals surface area contributed by atoms with E-state index in [0.717, 1.165) is 30.8 Å². The van der Waals surface area contributed by atoms with E-state index in [1.54, 1.807) is 6.92 Å². The molecule has 2 N–H and O–H groups in total. The van der Waals surface area contributed by atoms with Crippen LogP contribution in [0.4, 0.5) is 0 Å². The van der Waals surface area contributed by atoms with Crippen LogP contribution in [0.2, 0.25) is 0 Å². The highest BCUT2D eigenvalue weighted by Gasteiger charge is 2.01. The van der Waals surface area contributed by atoms with Crippen molar-refractivity contribution in [3.63, 3.8) is 0 Å². The molecule has 90 valence electrons. The number of ether oxygens (including phenoxy) is 1. The number of unbranched alkanes of at least 4 members (excludes halogenated alkanes) is 1. The van der Waals surface area contributed by atoms with E-state index in [9.17, 15) is 0 Å². The summed E-state index contributed by atoms with van der Waals surface area (Å²) in [6.45, 7) is 4.57. The Balaban J connectivity index is 2.72. The van der Waals surface area contributed by atoms with Crippen LogP contribution in [0.1, 0.15) is 32.3 Å². The molecule has 0 amide bonds. The average Bonchev–Trinajstić information content (AvgIpc) is 2.38. The van der Waals surface area contributed by atoms with Gasteiger partial charge in [-0.25, -0.2) is 0 Å². The zero-order valence-electron chi connectivity index (χ0n) is 10.4. The first-order valence-electron chi connectivity index (χ1n) is 5.78. The summed E-state index contributed by atoms with van der Waals surface area (Å²) in [5, 5.41) is 8.75. The molecule has 3 nitrogen and oxygen atoms in total. The molecule has 3 heteroatoms. The third-order valence-corrected chi connectivity index (χ3v) is 2.50. The van der Waals surface area contributed by atoms with Crippen molar-refractivity contribution in [1.29, 1.82) is 5.26 Å². The Labute approximate surface area is 103 Å². The molecule has 0 spiro atoms. The predicted octanol–water partition coefficient (Wildman–Crippen LogP) is 3.08. The van der Waals surface area contributed by atoms with E-state index in [4.69, 9.17) is 15.7 Å². The molecule has 0 fully saturated rings. The first-order valence-corrected chi connectivity index (χ1v) is 5.78. The summed E-state index contributed by atoms with van der Waals surface area (Å²) in [5.74, 6) is 0.838. The van der Waals surface area contributed by atoms with Crippen LogP contribution >= 0.6 is 0 Å². The van der Waals surface area contributed by atoms with Crippen LogP contribution in [0.5, 0.6) is 5.75 Å². The molecular formula is C14H18N2O. The van der Waals surface area contributed by atoms with Crippen molar-refractivity contribution < 1.29 is 4.74 Å². The highest BCUT2D eigenvalue weighted by atomic mass is 16.5. The van der Waals surface area contributed by atoms with Gasteiger partial charge in [0.15, 0.2) is 0 Å². The summed E-state index contributed by atoms with van der Waals surface area (Å²) in [6.07, 6.45) is 2.17. The molecule has 0 saturated carbocycles. The fraction of sp³-hybridized carbons (Fsp3) is 0.357. The summed E-state index contributed by atoms with van der Waals surface area (Å²) < 4.78 is 5.55. The van der Waals surface area contributed by atoms with Gasteiger partial charge >= 0.3 is 0 Å². The number of allylic oxidation sites excluding steroid dienone is 1. The van der Waals surface area contributed by atoms with Crippen LogP contribution in [-0.4, -0.2) is 6.61 Å². The van der Waals surface area contributed by atoms with Gasteiger partial charge in [0, 0.05) is 5.57 Å². The summed E-state index contributed by atoms with van der Waals surface area (Å²) >= 11 is 0. The van der Waals surface area contributed by atoms with Crippen LogP contribution in [0.15, 0.2) is 29.8 Å². The van der Waals surface area contributed by atoms with Gasteiger partial charge in [0.2, 0.25) is 0 Å². The molecule has 17 heavy (non-hydrogen) atoms. The number of nitrogens with two attached hydrogens (primary N) is 1. The van der Waals surface area contributed by atoms with Gasteiger partial charge in [-0.3, -0.25) is 0 Å². The maximum Gasteiger partial charge on any atom is 0.119 e. The SMILES string of the molecule is CCCCOc1ccc(/C(N)=C(/C)C#N)cc1. The van der Waals surface area contributed by atoms with Crippen molar-refractivity contribution in [1.82, 2.24) is 0 Å². The minimum absolute atomic E-state index is 0.521. The quantitative estimate of drug-likeness (QED) is 0.624. The summed E-state index contributed by atoms with van der Waals surface area (Å²) in [6, 6.07) is 9.54. The Morgan fingerprint density at radius 3 is 2.53 bits per heavy atom. The zero-order chi connectivity index (χ0) is 12.7. The summed E-state index contributed by atoms with van der Waals surface area (Å²) in [7, 11) is 0. The van der Waals surface area contributed by atoms with Crippen LogP contribution in [0.3, 0.4) is 0 Å². The van der Waals surface area contributed by atoms with E-state index >= 15 is 0 Å². The van der Waals surface area contributed by atoms with Crippen molar-refractivity contribution in [2.45, 2.75) is 26.7 Å². The fourth-order valence-electron chi connectivity index (χ4n) is 1.34. The standard InChI is InChI=1S/C14H18N2O/c1-3-4-9-17-13-7-5-12(6-8-13)14(16)11(2)10-15/h5-8H,3-4,9,16H2,1-2H3/b14-11+. The van der Waals surface area contributed by atoms with Gasteiger partial charge in [0.25, 0.3) is 0 Å². The molecule has 0 saturated heterocycles. The lowest BCUT2D eigenvalue weighted by atomic mass is 10.1. The maximum absolute atomic E-state index is 8.75. The molecule has 0 atom stereocenters. The molecule has 1 aromatic carbocycles. The van der Waals surface area contributed by atoms with Crippen LogP contribution in [0.25, 0.3) is 5.70 Å². The van der Waals surface area contributed by atoms with Crippen molar-refractivity contribution in [2.24, 2.45) is 5.73 Å². The van der Waals surface area contributed by atoms with Gasteiger partial charge in [-0.05, 0) is 43.2 Å². The van der Waals surface area contributed by atoms with Crippen LogP contribution in [0, 0.1) is 11.3 Å². The van der Waals surface area contributed by atoms with E-state index in [-0.39, 0.29) is 0 Å². The van der Waals surface area contributed by atoms with Crippen molar-refractivity contribution in [2.75, 3.05) is 6.61 Å². The summed E-state index contributed by atoms with van der Waals surface area (Å²) in [4.78, 5) is 0. The zero-order valence-corrected chi connectivity index (χ0v) is 10.4. The van der Waals surface area contributed by atoms with Crippen molar-refractivity contribution >= 4 is 5.70 Å². The lowest BCUT2D eigenvalue weighted by Gasteiger charge is -2.07. The van der Waals surface area contributed by atoms with Gasteiger partial charge in [-0.2, -0.15) is 5.26 Å². The van der Waals surface area contributed by atoms with Gasteiger partial charge in [-0.15, -0.1) is 0 Å². The Kier molecular flexibility index (Phi) is 5.09. The molecule has 0 bridgehead atoms. The van der Waals surface area contributed by atoms with Crippen molar-refractivity contribution in [3.05, 3.63) is 35.4 Å².